The van der Waals surface area contributed by atoms with Crippen molar-refractivity contribution in [1.29, 1.82) is 0 Å². The Bertz CT molecular complexity index is 969. The van der Waals surface area contributed by atoms with Crippen molar-refractivity contribution in [2.45, 2.75) is 258 Å². The SMILES string of the molecule is CCCCC/C=C\CCCCCCCC(=O)OC(COC(=O)CCCCCCC/C=C\C=C/CCCCCCCCC)COC(=O)CCCCCCCCCCC. The fourth-order valence-corrected chi connectivity index (χ4v) is 6.90. The first-order valence-electron chi connectivity index (χ1n) is 24.5. The molecule has 0 fully saturated rings. The van der Waals surface area contributed by atoms with Crippen LogP contribution in [-0.2, 0) is 28.6 Å². The fourth-order valence-electron chi connectivity index (χ4n) is 6.90. The summed E-state index contributed by atoms with van der Waals surface area (Å²) >= 11 is 0. The summed E-state index contributed by atoms with van der Waals surface area (Å²) in [4.78, 5) is 37.8. The van der Waals surface area contributed by atoms with Crippen molar-refractivity contribution < 1.29 is 28.6 Å². The number of rotatable bonds is 44. The minimum Gasteiger partial charge on any atom is -0.462 e. The van der Waals surface area contributed by atoms with Crippen LogP contribution in [0.2, 0.25) is 0 Å². The molecule has 6 heteroatoms. The number of esters is 3. The van der Waals surface area contributed by atoms with Gasteiger partial charge in [-0.15, -0.1) is 0 Å². The summed E-state index contributed by atoms with van der Waals surface area (Å²) in [6.45, 7) is 6.57. The van der Waals surface area contributed by atoms with E-state index in [1.54, 1.807) is 0 Å². The van der Waals surface area contributed by atoms with E-state index in [2.05, 4.69) is 57.2 Å². The van der Waals surface area contributed by atoms with E-state index in [0.29, 0.717) is 19.3 Å². The van der Waals surface area contributed by atoms with E-state index in [-0.39, 0.29) is 31.1 Å². The maximum Gasteiger partial charge on any atom is 0.306 e. The third kappa shape index (κ3) is 44.6. The first-order valence-corrected chi connectivity index (χ1v) is 24.5. The second kappa shape index (κ2) is 46.3. The Balaban J connectivity index is 4.33. The van der Waals surface area contributed by atoms with Crippen LogP contribution in [0.5, 0.6) is 0 Å². The number of allylic oxidation sites excluding steroid dienone is 6. The Morgan fingerprint density at radius 1 is 0.351 bits per heavy atom. The van der Waals surface area contributed by atoms with Crippen LogP contribution in [0.15, 0.2) is 36.5 Å². The fraction of sp³-hybridized carbons (Fsp3) is 0.824. The first kappa shape index (κ1) is 54.6. The van der Waals surface area contributed by atoms with E-state index in [0.717, 1.165) is 89.9 Å². The molecule has 0 aliphatic carbocycles. The van der Waals surface area contributed by atoms with Gasteiger partial charge in [-0.05, 0) is 70.6 Å². The van der Waals surface area contributed by atoms with E-state index < -0.39 is 6.10 Å². The minimum absolute atomic E-state index is 0.0787. The van der Waals surface area contributed by atoms with Crippen molar-refractivity contribution in [3.05, 3.63) is 36.5 Å². The predicted octanol–water partition coefficient (Wildman–Crippen LogP) is 15.8. The van der Waals surface area contributed by atoms with E-state index >= 15 is 0 Å². The number of carbonyl (C=O) groups excluding carboxylic acids is 3. The van der Waals surface area contributed by atoms with Gasteiger partial charge in [-0.2, -0.15) is 0 Å². The molecule has 0 amide bonds. The summed E-state index contributed by atoms with van der Waals surface area (Å²) in [6, 6.07) is 0. The third-order valence-electron chi connectivity index (χ3n) is 10.6. The van der Waals surface area contributed by atoms with Gasteiger partial charge in [0.2, 0.25) is 0 Å². The lowest BCUT2D eigenvalue weighted by atomic mass is 10.1. The molecule has 0 aliphatic rings. The monoisotopic (exact) mass is 801 g/mol. The third-order valence-corrected chi connectivity index (χ3v) is 10.6. The van der Waals surface area contributed by atoms with E-state index in [1.165, 1.54) is 122 Å². The standard InChI is InChI=1S/C51H92O6/c1-4-7-10-13-16-19-21-23-24-25-26-27-28-30-32-35-38-41-44-50(53)56-47-48(46-55-49(52)43-40-37-34-31-18-15-12-9-6-3)57-51(54)45-42-39-36-33-29-22-20-17-14-11-8-5-2/h17,20,24-27,48H,4-16,18-19,21-23,28-47H2,1-3H3/b20-17-,25-24-,27-26-. The zero-order chi connectivity index (χ0) is 41.5. The van der Waals surface area contributed by atoms with E-state index in [1.807, 2.05) is 0 Å². The van der Waals surface area contributed by atoms with Crippen LogP contribution in [0.25, 0.3) is 0 Å². The van der Waals surface area contributed by atoms with E-state index in [9.17, 15) is 14.4 Å². The highest BCUT2D eigenvalue weighted by Crippen LogP contribution is 2.14. The highest BCUT2D eigenvalue weighted by atomic mass is 16.6. The van der Waals surface area contributed by atoms with Gasteiger partial charge in [0.25, 0.3) is 0 Å². The molecule has 0 radical (unpaired) electrons. The molecule has 57 heavy (non-hydrogen) atoms. The molecule has 6 nitrogen and oxygen atoms in total. The maximum absolute atomic E-state index is 12.7. The molecule has 332 valence electrons. The summed E-state index contributed by atoms with van der Waals surface area (Å²) in [5, 5.41) is 0. The molecule has 0 saturated heterocycles. The number of hydrogen-bond acceptors (Lipinski definition) is 6. The molecule has 0 N–H and O–H groups in total. The van der Waals surface area contributed by atoms with Crippen LogP contribution in [0, 0.1) is 0 Å². The second-order valence-electron chi connectivity index (χ2n) is 16.4. The van der Waals surface area contributed by atoms with Crippen molar-refractivity contribution in [2.75, 3.05) is 13.2 Å². The number of unbranched alkanes of at least 4 members (excludes halogenated alkanes) is 28. The van der Waals surface area contributed by atoms with Crippen LogP contribution in [0.3, 0.4) is 0 Å². The molecule has 0 rings (SSSR count). The Labute approximate surface area is 353 Å². The molecule has 0 aromatic carbocycles. The van der Waals surface area contributed by atoms with Crippen molar-refractivity contribution in [3.8, 4) is 0 Å². The number of carbonyl (C=O) groups is 3. The van der Waals surface area contributed by atoms with Crippen LogP contribution in [-0.4, -0.2) is 37.2 Å². The lowest BCUT2D eigenvalue weighted by Gasteiger charge is -2.18. The molecular formula is C51H92O6. The Morgan fingerprint density at radius 2 is 0.632 bits per heavy atom. The summed E-state index contributed by atoms with van der Waals surface area (Å²) < 4.78 is 16.7. The molecule has 0 aliphatic heterocycles. The molecule has 0 aromatic heterocycles. The minimum atomic E-state index is -0.777. The summed E-state index contributed by atoms with van der Waals surface area (Å²) in [5.41, 5.74) is 0. The summed E-state index contributed by atoms with van der Waals surface area (Å²) in [6.07, 6.45) is 52.7. The van der Waals surface area contributed by atoms with Gasteiger partial charge in [0, 0.05) is 19.3 Å². The molecule has 0 heterocycles. The van der Waals surface area contributed by atoms with Crippen molar-refractivity contribution in [1.82, 2.24) is 0 Å². The highest BCUT2D eigenvalue weighted by molar-refractivity contribution is 5.71. The van der Waals surface area contributed by atoms with Gasteiger partial charge in [0.15, 0.2) is 6.10 Å². The van der Waals surface area contributed by atoms with Crippen LogP contribution in [0.1, 0.15) is 252 Å². The van der Waals surface area contributed by atoms with Crippen LogP contribution >= 0.6 is 0 Å². The summed E-state index contributed by atoms with van der Waals surface area (Å²) in [5.74, 6) is -0.901. The number of ether oxygens (including phenoxy) is 3. The number of hydrogen-bond donors (Lipinski definition) is 0. The molecule has 1 unspecified atom stereocenters. The predicted molar refractivity (Wildman–Crippen MR) is 242 cm³/mol. The lowest BCUT2D eigenvalue weighted by Crippen LogP contribution is -2.30. The second-order valence-corrected chi connectivity index (χ2v) is 16.4. The van der Waals surface area contributed by atoms with Gasteiger partial charge < -0.3 is 14.2 Å². The Hall–Kier alpha value is -2.37. The molecule has 0 saturated carbocycles. The molecule has 0 spiro atoms. The van der Waals surface area contributed by atoms with E-state index in [4.69, 9.17) is 14.2 Å². The quantitative estimate of drug-likeness (QED) is 0.0201. The molecule has 0 bridgehead atoms. The average molecular weight is 801 g/mol. The molecular weight excluding hydrogens is 709 g/mol. The van der Waals surface area contributed by atoms with Gasteiger partial charge in [-0.25, -0.2) is 0 Å². The van der Waals surface area contributed by atoms with Crippen LogP contribution < -0.4 is 0 Å². The first-order chi connectivity index (χ1) is 28.0. The van der Waals surface area contributed by atoms with Gasteiger partial charge in [-0.3, -0.25) is 14.4 Å². The average Bonchev–Trinajstić information content (AvgIpc) is 3.21. The maximum atomic E-state index is 12.7. The van der Waals surface area contributed by atoms with Crippen molar-refractivity contribution in [3.63, 3.8) is 0 Å². The van der Waals surface area contributed by atoms with Crippen LogP contribution in [0.4, 0.5) is 0 Å². The van der Waals surface area contributed by atoms with Crippen molar-refractivity contribution in [2.24, 2.45) is 0 Å². The lowest BCUT2D eigenvalue weighted by molar-refractivity contribution is -0.167. The highest BCUT2D eigenvalue weighted by Gasteiger charge is 2.19. The topological polar surface area (TPSA) is 78.9 Å². The van der Waals surface area contributed by atoms with Gasteiger partial charge >= 0.3 is 17.9 Å². The zero-order valence-corrected chi connectivity index (χ0v) is 37.9. The van der Waals surface area contributed by atoms with Crippen molar-refractivity contribution >= 4 is 17.9 Å². The normalized spacial score (nSPS) is 12.3. The van der Waals surface area contributed by atoms with Gasteiger partial charge in [0.05, 0.1) is 0 Å². The largest absolute Gasteiger partial charge is 0.462 e. The zero-order valence-electron chi connectivity index (χ0n) is 37.9. The summed E-state index contributed by atoms with van der Waals surface area (Å²) in [7, 11) is 0. The Kier molecular flexibility index (Phi) is 44.4. The molecule has 0 aromatic rings. The van der Waals surface area contributed by atoms with Gasteiger partial charge in [0.1, 0.15) is 13.2 Å². The Morgan fingerprint density at radius 3 is 1.02 bits per heavy atom. The van der Waals surface area contributed by atoms with Gasteiger partial charge in [-0.1, -0.05) is 198 Å². The molecule has 1 atom stereocenters. The smallest absolute Gasteiger partial charge is 0.306 e.